The first kappa shape index (κ1) is 12.7. The van der Waals surface area contributed by atoms with Crippen LogP contribution in [0, 0.1) is 5.92 Å². The molecule has 0 aliphatic rings. The van der Waals surface area contributed by atoms with Gasteiger partial charge in [-0.2, -0.15) is 0 Å². The molecule has 0 saturated carbocycles. The maximum Gasteiger partial charge on any atom is -0.0260 e. The lowest BCUT2D eigenvalue weighted by Gasteiger charge is -2.08. The second kappa shape index (κ2) is 8.34. The molecule has 0 radical (unpaired) electrons. The second-order valence-electron chi connectivity index (χ2n) is 4.14. The monoisotopic (exact) mass is 182 g/mol. The van der Waals surface area contributed by atoms with E-state index in [-0.39, 0.29) is 0 Å². The van der Waals surface area contributed by atoms with E-state index in [1.165, 1.54) is 38.5 Å². The van der Waals surface area contributed by atoms with Crippen molar-refractivity contribution in [3.8, 4) is 0 Å². The Hall–Kier alpha value is -0.260. The Morgan fingerprint density at radius 3 is 2.23 bits per heavy atom. The van der Waals surface area contributed by atoms with Crippen molar-refractivity contribution in [2.45, 2.75) is 66.2 Å². The Balaban J connectivity index is 3.55. The van der Waals surface area contributed by atoms with Crippen LogP contribution >= 0.6 is 0 Å². The summed E-state index contributed by atoms with van der Waals surface area (Å²) in [5.41, 5.74) is 1.64. The van der Waals surface area contributed by atoms with Gasteiger partial charge < -0.3 is 0 Å². The first-order valence-electron chi connectivity index (χ1n) is 5.91. The summed E-state index contributed by atoms with van der Waals surface area (Å²) < 4.78 is 0. The van der Waals surface area contributed by atoms with E-state index < -0.39 is 0 Å². The SMILES string of the molecule is CCCCCC/C=C(\CC)C(C)C. The van der Waals surface area contributed by atoms with Gasteiger partial charge in [-0.05, 0) is 25.2 Å². The molecule has 0 heteroatoms. The van der Waals surface area contributed by atoms with Crippen molar-refractivity contribution in [2.75, 3.05) is 0 Å². The molecule has 0 heterocycles. The van der Waals surface area contributed by atoms with Gasteiger partial charge in [-0.15, -0.1) is 0 Å². The molecule has 0 aromatic carbocycles. The van der Waals surface area contributed by atoms with Gasteiger partial charge in [0.05, 0.1) is 0 Å². The number of rotatable bonds is 7. The minimum Gasteiger partial charge on any atom is -0.0851 e. The molecule has 13 heavy (non-hydrogen) atoms. The molecule has 0 aromatic rings. The lowest BCUT2D eigenvalue weighted by molar-refractivity contribution is 0.663. The summed E-state index contributed by atoms with van der Waals surface area (Å²) in [6.45, 7) is 9.11. The van der Waals surface area contributed by atoms with Crippen LogP contribution in [0.25, 0.3) is 0 Å². The molecular weight excluding hydrogens is 156 g/mol. The molecule has 0 nitrogen and oxygen atoms in total. The van der Waals surface area contributed by atoms with Crippen molar-refractivity contribution in [3.05, 3.63) is 11.6 Å². The molecule has 0 rings (SSSR count). The van der Waals surface area contributed by atoms with E-state index >= 15 is 0 Å². The standard InChI is InChI=1S/C13H26/c1-5-7-8-9-10-11-13(6-2)12(3)4/h11-12H,5-10H2,1-4H3/b13-11+. The predicted molar refractivity (Wildman–Crippen MR) is 62.0 cm³/mol. The molecule has 0 aromatic heterocycles. The highest BCUT2D eigenvalue weighted by molar-refractivity contribution is 5.03. The van der Waals surface area contributed by atoms with Crippen LogP contribution in [0.15, 0.2) is 11.6 Å². The molecule has 0 amide bonds. The van der Waals surface area contributed by atoms with E-state index in [4.69, 9.17) is 0 Å². The fourth-order valence-corrected chi connectivity index (χ4v) is 1.65. The van der Waals surface area contributed by atoms with Gasteiger partial charge in [0.25, 0.3) is 0 Å². The number of unbranched alkanes of at least 4 members (excludes halogenated alkanes) is 4. The van der Waals surface area contributed by atoms with Crippen molar-refractivity contribution < 1.29 is 0 Å². The molecule has 0 aliphatic heterocycles. The quantitative estimate of drug-likeness (QED) is 0.386. The van der Waals surface area contributed by atoms with E-state index in [2.05, 4.69) is 33.8 Å². The number of allylic oxidation sites excluding steroid dienone is 2. The third-order valence-corrected chi connectivity index (χ3v) is 2.61. The van der Waals surface area contributed by atoms with Gasteiger partial charge in [-0.25, -0.2) is 0 Å². The zero-order chi connectivity index (χ0) is 10.1. The van der Waals surface area contributed by atoms with Crippen LogP contribution in [-0.4, -0.2) is 0 Å². The Morgan fingerprint density at radius 1 is 1.08 bits per heavy atom. The Morgan fingerprint density at radius 2 is 1.77 bits per heavy atom. The summed E-state index contributed by atoms with van der Waals surface area (Å²) in [5, 5.41) is 0. The Bertz CT molecular complexity index is 131. The number of hydrogen-bond donors (Lipinski definition) is 0. The highest BCUT2D eigenvalue weighted by atomic mass is 14.0. The predicted octanol–water partition coefficient (Wildman–Crippen LogP) is 4.95. The number of hydrogen-bond acceptors (Lipinski definition) is 0. The summed E-state index contributed by atoms with van der Waals surface area (Å²) in [5.74, 6) is 0.746. The largest absolute Gasteiger partial charge is 0.0851 e. The van der Waals surface area contributed by atoms with Gasteiger partial charge in [0.2, 0.25) is 0 Å². The average molecular weight is 182 g/mol. The van der Waals surface area contributed by atoms with Gasteiger partial charge in [0, 0.05) is 0 Å². The van der Waals surface area contributed by atoms with Gasteiger partial charge in [0.15, 0.2) is 0 Å². The lowest BCUT2D eigenvalue weighted by atomic mass is 9.99. The van der Waals surface area contributed by atoms with Gasteiger partial charge in [0.1, 0.15) is 0 Å². The van der Waals surface area contributed by atoms with Crippen molar-refractivity contribution in [3.63, 3.8) is 0 Å². The van der Waals surface area contributed by atoms with Crippen LogP contribution in [0.2, 0.25) is 0 Å². The molecule has 0 unspecified atom stereocenters. The van der Waals surface area contributed by atoms with Gasteiger partial charge in [-0.1, -0.05) is 58.6 Å². The molecule has 0 spiro atoms. The van der Waals surface area contributed by atoms with Crippen molar-refractivity contribution >= 4 is 0 Å². The van der Waals surface area contributed by atoms with Crippen LogP contribution in [0.1, 0.15) is 66.2 Å². The first-order chi connectivity index (χ1) is 6.22. The second-order valence-corrected chi connectivity index (χ2v) is 4.14. The highest BCUT2D eigenvalue weighted by Crippen LogP contribution is 2.15. The Kier molecular flexibility index (Phi) is 8.18. The van der Waals surface area contributed by atoms with Crippen molar-refractivity contribution in [1.82, 2.24) is 0 Å². The average Bonchev–Trinajstić information content (AvgIpc) is 2.10. The lowest BCUT2D eigenvalue weighted by Crippen LogP contribution is -1.92. The summed E-state index contributed by atoms with van der Waals surface area (Å²) in [6.07, 6.45) is 10.5. The maximum absolute atomic E-state index is 2.46. The fraction of sp³-hybridized carbons (Fsp3) is 0.846. The molecule has 0 bridgehead atoms. The van der Waals surface area contributed by atoms with Crippen LogP contribution in [0.5, 0.6) is 0 Å². The molecule has 0 saturated heterocycles. The minimum atomic E-state index is 0.746. The smallest absolute Gasteiger partial charge is 0.0260 e. The van der Waals surface area contributed by atoms with Crippen LogP contribution in [0.3, 0.4) is 0 Å². The third-order valence-electron chi connectivity index (χ3n) is 2.61. The summed E-state index contributed by atoms with van der Waals surface area (Å²) in [4.78, 5) is 0. The molecule has 0 fully saturated rings. The van der Waals surface area contributed by atoms with Crippen molar-refractivity contribution in [1.29, 1.82) is 0 Å². The van der Waals surface area contributed by atoms with Crippen LogP contribution in [0.4, 0.5) is 0 Å². The third kappa shape index (κ3) is 6.86. The molecule has 78 valence electrons. The highest BCUT2D eigenvalue weighted by Gasteiger charge is 1.98. The van der Waals surface area contributed by atoms with Crippen LogP contribution < -0.4 is 0 Å². The first-order valence-corrected chi connectivity index (χ1v) is 5.91. The maximum atomic E-state index is 2.46. The molecular formula is C13H26. The zero-order valence-electron chi connectivity index (χ0n) is 9.90. The normalized spacial score (nSPS) is 12.5. The van der Waals surface area contributed by atoms with E-state index in [0.717, 1.165) is 5.92 Å². The molecule has 0 aliphatic carbocycles. The van der Waals surface area contributed by atoms with Crippen molar-refractivity contribution in [2.24, 2.45) is 5.92 Å². The molecule has 0 atom stereocenters. The van der Waals surface area contributed by atoms with E-state index in [0.29, 0.717) is 0 Å². The fourth-order valence-electron chi connectivity index (χ4n) is 1.65. The minimum absolute atomic E-state index is 0.746. The summed E-state index contributed by atoms with van der Waals surface area (Å²) in [6, 6.07) is 0. The topological polar surface area (TPSA) is 0 Å². The van der Waals surface area contributed by atoms with E-state index in [1.807, 2.05) is 0 Å². The van der Waals surface area contributed by atoms with Gasteiger partial charge in [-0.3, -0.25) is 0 Å². The zero-order valence-corrected chi connectivity index (χ0v) is 9.90. The van der Waals surface area contributed by atoms with E-state index in [9.17, 15) is 0 Å². The molecule has 0 N–H and O–H groups in total. The Labute approximate surface area is 84.4 Å². The van der Waals surface area contributed by atoms with Gasteiger partial charge >= 0.3 is 0 Å². The summed E-state index contributed by atoms with van der Waals surface area (Å²) in [7, 11) is 0. The van der Waals surface area contributed by atoms with Crippen LogP contribution in [-0.2, 0) is 0 Å². The van der Waals surface area contributed by atoms with E-state index in [1.54, 1.807) is 5.57 Å². The summed E-state index contributed by atoms with van der Waals surface area (Å²) >= 11 is 0.